The number of ether oxygens (including phenoxy) is 1. The number of rotatable bonds is 6. The van der Waals surface area contributed by atoms with Crippen LogP contribution in [0.15, 0.2) is 48.7 Å². The lowest BCUT2D eigenvalue weighted by molar-refractivity contribution is -0.104. The van der Waals surface area contributed by atoms with Crippen molar-refractivity contribution in [1.82, 2.24) is 4.98 Å². The zero-order valence-corrected chi connectivity index (χ0v) is 16.1. The summed E-state index contributed by atoms with van der Waals surface area (Å²) in [6.45, 7) is 0.848. The van der Waals surface area contributed by atoms with Crippen LogP contribution in [0.25, 0.3) is 0 Å². The largest absolute Gasteiger partial charge is 0.375 e. The maximum atomic E-state index is 13.4. The summed E-state index contributed by atoms with van der Waals surface area (Å²) in [7, 11) is 0. The van der Waals surface area contributed by atoms with Crippen LogP contribution >= 0.6 is 0 Å². The van der Waals surface area contributed by atoms with E-state index in [4.69, 9.17) is 9.72 Å². The molecule has 2 fully saturated rings. The minimum atomic E-state index is -0.134. The number of nitrogens with zero attached hydrogens (tertiary/aromatic N) is 1. The summed E-state index contributed by atoms with van der Waals surface area (Å²) in [5.41, 5.74) is 2.55. The van der Waals surface area contributed by atoms with Crippen molar-refractivity contribution in [1.29, 1.82) is 0 Å². The fourth-order valence-corrected chi connectivity index (χ4v) is 5.28. The SMILES string of the molecule is Fc1cccc(CCCC[C@@]2(c3ccccn3)CCOC3(CCCC3)C2)c1. The Kier molecular flexibility index (Phi) is 5.58. The van der Waals surface area contributed by atoms with Crippen molar-refractivity contribution in [2.75, 3.05) is 6.61 Å². The van der Waals surface area contributed by atoms with Crippen molar-refractivity contribution in [3.63, 3.8) is 0 Å². The molecule has 2 aliphatic rings. The zero-order valence-electron chi connectivity index (χ0n) is 16.1. The molecule has 0 amide bonds. The molecule has 2 nitrogen and oxygen atoms in total. The highest BCUT2D eigenvalue weighted by Crippen LogP contribution is 2.50. The predicted octanol–water partition coefficient (Wildman–Crippen LogP) is 5.99. The average molecular weight is 368 g/mol. The number of benzene rings is 1. The van der Waals surface area contributed by atoms with Crippen molar-refractivity contribution >= 4 is 0 Å². The standard InChI is InChI=1S/C24H30FNO/c25-21-10-7-9-20(18-21)8-1-3-12-23(22-11-2-6-16-26-22)15-17-27-24(19-23)13-4-5-14-24/h2,6-7,9-11,16,18H,1,3-5,8,12-15,17,19H2/t23-/m1/s1. The zero-order chi connectivity index (χ0) is 18.6. The number of halogens is 1. The summed E-state index contributed by atoms with van der Waals surface area (Å²) in [5.74, 6) is -0.134. The van der Waals surface area contributed by atoms with Gasteiger partial charge in [-0.15, -0.1) is 0 Å². The molecule has 1 aromatic carbocycles. The lowest BCUT2D eigenvalue weighted by atomic mass is 9.67. The summed E-state index contributed by atoms with van der Waals surface area (Å²) in [6.07, 6.45) is 13.4. The minimum absolute atomic E-state index is 0.0817. The van der Waals surface area contributed by atoms with Crippen molar-refractivity contribution in [2.24, 2.45) is 0 Å². The first kappa shape index (κ1) is 18.6. The lowest BCUT2D eigenvalue weighted by Crippen LogP contribution is -2.46. The van der Waals surface area contributed by atoms with Crippen LogP contribution < -0.4 is 0 Å². The first-order valence-electron chi connectivity index (χ1n) is 10.5. The van der Waals surface area contributed by atoms with Crippen molar-refractivity contribution in [3.05, 3.63) is 65.7 Å². The van der Waals surface area contributed by atoms with Gasteiger partial charge in [-0.2, -0.15) is 0 Å². The second-order valence-electron chi connectivity index (χ2n) is 8.50. The third-order valence-electron chi connectivity index (χ3n) is 6.63. The highest BCUT2D eigenvalue weighted by Gasteiger charge is 2.48. The van der Waals surface area contributed by atoms with Crippen molar-refractivity contribution in [2.45, 2.75) is 75.2 Å². The van der Waals surface area contributed by atoms with Gasteiger partial charge in [0, 0.05) is 23.9 Å². The van der Waals surface area contributed by atoms with Gasteiger partial charge < -0.3 is 4.74 Å². The molecule has 3 heteroatoms. The van der Waals surface area contributed by atoms with Gasteiger partial charge in [0.15, 0.2) is 0 Å². The average Bonchev–Trinajstić information content (AvgIpc) is 3.13. The van der Waals surface area contributed by atoms with E-state index >= 15 is 0 Å². The molecule has 0 bridgehead atoms. The number of hydrogen-bond acceptors (Lipinski definition) is 2. The molecule has 1 aliphatic heterocycles. The van der Waals surface area contributed by atoms with Crippen molar-refractivity contribution in [3.8, 4) is 0 Å². The lowest BCUT2D eigenvalue weighted by Gasteiger charge is -2.46. The summed E-state index contributed by atoms with van der Waals surface area (Å²) < 4.78 is 19.7. The molecule has 1 spiro atoms. The Morgan fingerprint density at radius 1 is 1.00 bits per heavy atom. The Labute approximate surface area is 162 Å². The van der Waals surface area contributed by atoms with Crippen LogP contribution in [0.3, 0.4) is 0 Å². The molecular weight excluding hydrogens is 337 g/mol. The van der Waals surface area contributed by atoms with Gasteiger partial charge in [-0.05, 0) is 74.8 Å². The Bertz CT molecular complexity index is 741. The van der Waals surface area contributed by atoms with Crippen LogP contribution in [0, 0.1) is 5.82 Å². The number of pyridine rings is 1. The van der Waals surface area contributed by atoms with E-state index in [0.29, 0.717) is 0 Å². The second-order valence-corrected chi connectivity index (χ2v) is 8.50. The molecule has 27 heavy (non-hydrogen) atoms. The smallest absolute Gasteiger partial charge is 0.123 e. The molecule has 0 unspecified atom stereocenters. The van der Waals surface area contributed by atoms with E-state index in [1.54, 1.807) is 6.07 Å². The predicted molar refractivity (Wildman–Crippen MR) is 106 cm³/mol. The molecule has 1 aliphatic carbocycles. The van der Waals surface area contributed by atoms with Gasteiger partial charge in [0.05, 0.1) is 5.60 Å². The minimum Gasteiger partial charge on any atom is -0.375 e. The van der Waals surface area contributed by atoms with Gasteiger partial charge in [0.25, 0.3) is 0 Å². The quantitative estimate of drug-likeness (QED) is 0.585. The first-order valence-corrected chi connectivity index (χ1v) is 10.5. The van der Waals surface area contributed by atoms with Crippen LogP contribution in [0.5, 0.6) is 0 Å². The molecule has 2 heterocycles. The van der Waals surface area contributed by atoms with Gasteiger partial charge >= 0.3 is 0 Å². The Morgan fingerprint density at radius 3 is 2.67 bits per heavy atom. The van der Waals surface area contributed by atoms with E-state index in [0.717, 1.165) is 50.7 Å². The number of aryl methyl sites for hydroxylation is 1. The van der Waals surface area contributed by atoms with Crippen LogP contribution in [0.4, 0.5) is 4.39 Å². The fourth-order valence-electron chi connectivity index (χ4n) is 5.28. The Morgan fingerprint density at radius 2 is 1.89 bits per heavy atom. The number of hydrogen-bond donors (Lipinski definition) is 0. The second kappa shape index (κ2) is 8.10. The first-order chi connectivity index (χ1) is 13.2. The van der Waals surface area contributed by atoms with Crippen LogP contribution in [0.2, 0.25) is 0 Å². The number of unbranched alkanes of at least 4 members (excludes halogenated alkanes) is 1. The fraction of sp³-hybridized carbons (Fsp3) is 0.542. The monoisotopic (exact) mass is 367 g/mol. The normalized spacial score (nSPS) is 24.3. The molecule has 1 aromatic heterocycles. The highest BCUT2D eigenvalue weighted by molar-refractivity contribution is 5.21. The molecule has 0 radical (unpaired) electrons. The van der Waals surface area contributed by atoms with Crippen LogP contribution in [-0.4, -0.2) is 17.2 Å². The van der Waals surface area contributed by atoms with E-state index in [1.165, 1.54) is 37.4 Å². The molecular formula is C24H30FNO. The third-order valence-corrected chi connectivity index (χ3v) is 6.63. The molecule has 1 atom stereocenters. The molecule has 2 aromatic rings. The molecule has 0 N–H and O–H groups in total. The summed E-state index contributed by atoms with van der Waals surface area (Å²) in [6, 6.07) is 13.3. The van der Waals surface area contributed by atoms with Gasteiger partial charge in [0.2, 0.25) is 0 Å². The van der Waals surface area contributed by atoms with E-state index in [1.807, 2.05) is 24.4 Å². The van der Waals surface area contributed by atoms with Crippen LogP contribution in [0.1, 0.15) is 69.0 Å². The van der Waals surface area contributed by atoms with E-state index < -0.39 is 0 Å². The van der Waals surface area contributed by atoms with Gasteiger partial charge in [-0.25, -0.2) is 4.39 Å². The maximum Gasteiger partial charge on any atom is 0.123 e. The molecule has 1 saturated carbocycles. The molecule has 4 rings (SSSR count). The van der Waals surface area contributed by atoms with E-state index in [9.17, 15) is 4.39 Å². The maximum absolute atomic E-state index is 13.4. The number of aromatic nitrogens is 1. The van der Waals surface area contributed by atoms with Crippen molar-refractivity contribution < 1.29 is 9.13 Å². The summed E-state index contributed by atoms with van der Waals surface area (Å²) in [4.78, 5) is 4.77. The third kappa shape index (κ3) is 4.24. The molecule has 144 valence electrons. The van der Waals surface area contributed by atoms with E-state index in [-0.39, 0.29) is 16.8 Å². The van der Waals surface area contributed by atoms with Gasteiger partial charge in [-0.3, -0.25) is 4.98 Å². The Balaban J connectivity index is 1.45. The van der Waals surface area contributed by atoms with Crippen LogP contribution in [-0.2, 0) is 16.6 Å². The topological polar surface area (TPSA) is 22.1 Å². The molecule has 1 saturated heterocycles. The van der Waals surface area contributed by atoms with E-state index in [2.05, 4.69) is 12.1 Å². The Hall–Kier alpha value is -1.74. The summed E-state index contributed by atoms with van der Waals surface area (Å²) >= 11 is 0. The highest BCUT2D eigenvalue weighted by atomic mass is 19.1. The summed E-state index contributed by atoms with van der Waals surface area (Å²) in [5, 5.41) is 0. The van der Waals surface area contributed by atoms with Gasteiger partial charge in [0.1, 0.15) is 5.82 Å². The van der Waals surface area contributed by atoms with Gasteiger partial charge in [-0.1, -0.05) is 37.5 Å².